The van der Waals surface area contributed by atoms with Gasteiger partial charge in [0.25, 0.3) is 0 Å². The van der Waals surface area contributed by atoms with Crippen LogP contribution in [-0.4, -0.2) is 54.5 Å². The number of nitrogens with zero attached hydrogens (tertiary/aromatic N) is 2. The van der Waals surface area contributed by atoms with Gasteiger partial charge in [-0.05, 0) is 71.9 Å². The van der Waals surface area contributed by atoms with Crippen LogP contribution in [0.4, 0.5) is 15.4 Å². The van der Waals surface area contributed by atoms with Gasteiger partial charge >= 0.3 is 18.2 Å². The van der Waals surface area contributed by atoms with E-state index in [2.05, 4.69) is 10.3 Å². The molecule has 0 spiro atoms. The molecule has 0 unspecified atom stereocenters. The van der Waals surface area contributed by atoms with Gasteiger partial charge in [-0.15, -0.1) is 11.3 Å². The van der Waals surface area contributed by atoms with Crippen molar-refractivity contribution >= 4 is 41.4 Å². The molecule has 9 nitrogen and oxygen atoms in total. The van der Waals surface area contributed by atoms with Crippen molar-refractivity contribution in [3.8, 4) is 0 Å². The molecule has 0 saturated carbocycles. The summed E-state index contributed by atoms with van der Waals surface area (Å²) in [5, 5.41) is 2.59. The fourth-order valence-electron chi connectivity index (χ4n) is 3.07. The molecular weight excluding hydrogens is 518 g/mol. The molecular formula is C29H45N3O6S. The lowest BCUT2D eigenvalue weighted by Gasteiger charge is -2.24. The molecule has 0 aromatic carbocycles. The number of hydrogen-bond donors (Lipinski definition) is 1. The van der Waals surface area contributed by atoms with Gasteiger partial charge < -0.3 is 19.5 Å². The minimum atomic E-state index is -0.857. The third-order valence-electron chi connectivity index (χ3n) is 4.68. The van der Waals surface area contributed by atoms with Crippen molar-refractivity contribution in [3.63, 3.8) is 0 Å². The fourth-order valence-corrected chi connectivity index (χ4v) is 4.06. The number of rotatable bonds is 8. The van der Waals surface area contributed by atoms with Crippen LogP contribution >= 0.6 is 11.3 Å². The standard InChI is InChI=1S/C27H37N3O6S.C2H6.H2/c1-26(2,3)35-24(32)29-21(23(31)34-8)17-20-16-15-19(37-20)13-9-11-18-12-10-14-22(28-18)30(7)25(33)36-27(4,5)6;1-2;/h9-10,12-16,21H,11,17H2,1-8H3,(H,29,32);1-2H3;1H/b13-9+;;/t21-;;/m0../s1. The number of nitrogens with one attached hydrogen (secondary N) is 1. The molecule has 2 aromatic rings. The maximum Gasteiger partial charge on any atom is 0.415 e. The van der Waals surface area contributed by atoms with Gasteiger partial charge in [-0.3, -0.25) is 4.90 Å². The molecule has 1 N–H and O–H groups in total. The van der Waals surface area contributed by atoms with Gasteiger partial charge in [-0.1, -0.05) is 26.0 Å². The van der Waals surface area contributed by atoms with Gasteiger partial charge in [0, 0.05) is 36.8 Å². The van der Waals surface area contributed by atoms with Gasteiger partial charge in [-0.2, -0.15) is 0 Å². The Hall–Kier alpha value is -3.40. The number of aromatic nitrogens is 1. The van der Waals surface area contributed by atoms with Crippen molar-refractivity contribution in [1.29, 1.82) is 0 Å². The zero-order valence-corrected chi connectivity index (χ0v) is 25.6. The van der Waals surface area contributed by atoms with Crippen LogP contribution in [0.2, 0.25) is 0 Å². The van der Waals surface area contributed by atoms with E-state index in [1.807, 2.05) is 71.0 Å². The van der Waals surface area contributed by atoms with Crippen LogP contribution in [0.1, 0.15) is 72.3 Å². The number of pyridine rings is 1. The minimum absolute atomic E-state index is 0. The van der Waals surface area contributed by atoms with E-state index in [1.165, 1.54) is 23.3 Å². The highest BCUT2D eigenvalue weighted by atomic mass is 32.1. The van der Waals surface area contributed by atoms with Gasteiger partial charge in [-0.25, -0.2) is 19.4 Å². The summed E-state index contributed by atoms with van der Waals surface area (Å²) in [4.78, 5) is 44.5. The Morgan fingerprint density at radius 3 is 2.28 bits per heavy atom. The lowest BCUT2D eigenvalue weighted by Crippen LogP contribution is -2.45. The highest BCUT2D eigenvalue weighted by molar-refractivity contribution is 7.12. The predicted molar refractivity (Wildman–Crippen MR) is 158 cm³/mol. The van der Waals surface area contributed by atoms with Crippen molar-refractivity contribution in [2.45, 2.75) is 85.5 Å². The van der Waals surface area contributed by atoms with Crippen LogP contribution in [0, 0.1) is 0 Å². The summed E-state index contributed by atoms with van der Waals surface area (Å²) in [5.41, 5.74) is -0.465. The van der Waals surface area contributed by atoms with E-state index in [1.54, 1.807) is 33.9 Å². The van der Waals surface area contributed by atoms with Gasteiger partial charge in [0.2, 0.25) is 0 Å². The number of thiophene rings is 1. The zero-order chi connectivity index (χ0) is 29.8. The van der Waals surface area contributed by atoms with Gasteiger partial charge in [0.15, 0.2) is 0 Å². The quantitative estimate of drug-likeness (QED) is 0.283. The first kappa shape index (κ1) is 33.6. The van der Waals surface area contributed by atoms with E-state index < -0.39 is 35.4 Å². The van der Waals surface area contributed by atoms with Crippen LogP contribution in [-0.2, 0) is 31.8 Å². The Kier molecular flexibility index (Phi) is 13.2. The molecule has 0 saturated heterocycles. The van der Waals surface area contributed by atoms with Crippen molar-refractivity contribution in [2.24, 2.45) is 0 Å². The molecule has 10 heteroatoms. The summed E-state index contributed by atoms with van der Waals surface area (Å²) in [5.74, 6) is -0.0384. The fraction of sp³-hybridized carbons (Fsp3) is 0.517. The molecule has 1 atom stereocenters. The van der Waals surface area contributed by atoms with Crippen LogP contribution < -0.4 is 10.2 Å². The second-order valence-electron chi connectivity index (χ2n) is 10.4. The molecule has 0 fully saturated rings. The third-order valence-corrected chi connectivity index (χ3v) is 5.75. The van der Waals surface area contributed by atoms with Crippen molar-refractivity contribution in [2.75, 3.05) is 19.1 Å². The predicted octanol–water partition coefficient (Wildman–Crippen LogP) is 6.65. The van der Waals surface area contributed by atoms with E-state index in [9.17, 15) is 14.4 Å². The number of carbonyl (C=O) groups is 3. The lowest BCUT2D eigenvalue weighted by atomic mass is 10.2. The van der Waals surface area contributed by atoms with Crippen molar-refractivity contribution in [3.05, 3.63) is 51.9 Å². The number of carbonyl (C=O) groups excluding carboxylic acids is 3. The van der Waals surface area contributed by atoms with Crippen molar-refractivity contribution < 1.29 is 30.0 Å². The summed E-state index contributed by atoms with van der Waals surface area (Å²) in [6, 6.07) is 8.49. The zero-order valence-electron chi connectivity index (χ0n) is 24.8. The molecule has 2 aromatic heterocycles. The molecule has 0 aliphatic rings. The van der Waals surface area contributed by atoms with Gasteiger partial charge in [0.1, 0.15) is 23.1 Å². The van der Waals surface area contributed by atoms with E-state index in [0.717, 1.165) is 15.4 Å². The van der Waals surface area contributed by atoms with E-state index >= 15 is 0 Å². The first-order valence-corrected chi connectivity index (χ1v) is 13.7. The first-order chi connectivity index (χ1) is 18.2. The number of esters is 1. The number of alkyl carbamates (subject to hydrolysis) is 1. The summed E-state index contributed by atoms with van der Waals surface area (Å²) >= 11 is 1.51. The highest BCUT2D eigenvalue weighted by Gasteiger charge is 2.26. The maximum atomic E-state index is 12.3. The first-order valence-electron chi connectivity index (χ1n) is 12.9. The van der Waals surface area contributed by atoms with E-state index in [4.69, 9.17) is 14.2 Å². The number of methoxy groups -OCH3 is 1. The summed E-state index contributed by atoms with van der Waals surface area (Å²) in [6.07, 6.45) is 3.65. The Labute approximate surface area is 238 Å². The molecule has 2 heterocycles. The second-order valence-corrected chi connectivity index (χ2v) is 11.6. The topological polar surface area (TPSA) is 107 Å². The molecule has 2 amide bonds. The summed E-state index contributed by atoms with van der Waals surface area (Å²) in [6.45, 7) is 14.7. The van der Waals surface area contributed by atoms with Crippen LogP contribution in [0.5, 0.6) is 0 Å². The van der Waals surface area contributed by atoms with Gasteiger partial charge in [0.05, 0.1) is 7.11 Å². The number of ether oxygens (including phenoxy) is 3. The SMILES string of the molecule is CC.COC(=O)[C@H](Cc1ccc(/C=C/Cc2cccc(N(C)C(=O)OC(C)(C)C)n2)s1)NC(=O)OC(C)(C)C.[HH]. The molecule has 2 rings (SSSR count). The summed E-state index contributed by atoms with van der Waals surface area (Å²) < 4.78 is 15.5. The number of allylic oxidation sites excluding steroid dienone is 1. The van der Waals surface area contributed by atoms with E-state index in [0.29, 0.717) is 12.2 Å². The second kappa shape index (κ2) is 15.3. The van der Waals surface area contributed by atoms with Crippen LogP contribution in [0.3, 0.4) is 0 Å². The minimum Gasteiger partial charge on any atom is -0.467 e. The highest BCUT2D eigenvalue weighted by Crippen LogP contribution is 2.21. The number of amides is 2. The Bertz CT molecular complexity index is 1120. The van der Waals surface area contributed by atoms with Crippen LogP contribution in [0.25, 0.3) is 6.08 Å². The lowest BCUT2D eigenvalue weighted by molar-refractivity contribution is -0.143. The Morgan fingerprint density at radius 2 is 1.69 bits per heavy atom. The van der Waals surface area contributed by atoms with Crippen molar-refractivity contribution in [1.82, 2.24) is 10.3 Å². The Balaban J connectivity index is 0.00000495. The Morgan fingerprint density at radius 1 is 1.05 bits per heavy atom. The normalized spacial score (nSPS) is 12.2. The average molecular weight is 564 g/mol. The molecule has 0 aliphatic heterocycles. The summed E-state index contributed by atoms with van der Waals surface area (Å²) in [7, 11) is 2.91. The largest absolute Gasteiger partial charge is 0.467 e. The average Bonchev–Trinajstić information content (AvgIpc) is 3.29. The molecule has 0 bridgehead atoms. The molecule has 0 aliphatic carbocycles. The van der Waals surface area contributed by atoms with Crippen LogP contribution in [0.15, 0.2) is 36.4 Å². The molecule has 218 valence electrons. The maximum absolute atomic E-state index is 12.3. The molecule has 0 radical (unpaired) electrons. The smallest absolute Gasteiger partial charge is 0.415 e. The van der Waals surface area contributed by atoms with E-state index in [-0.39, 0.29) is 7.85 Å². The third kappa shape index (κ3) is 12.8. The number of anilines is 1. The number of hydrogen-bond acceptors (Lipinski definition) is 8. The monoisotopic (exact) mass is 563 g/mol. The molecule has 39 heavy (non-hydrogen) atoms.